The zero-order chi connectivity index (χ0) is 14.4. The van der Waals surface area contributed by atoms with E-state index in [9.17, 15) is 15.0 Å². The van der Waals surface area contributed by atoms with E-state index < -0.39 is 0 Å². The highest BCUT2D eigenvalue weighted by Gasteiger charge is 2.24. The molecule has 0 atom stereocenters. The van der Waals surface area contributed by atoms with Crippen LogP contribution in [0.25, 0.3) is 0 Å². The predicted octanol–water partition coefficient (Wildman–Crippen LogP) is 1.72. The largest absolute Gasteiger partial charge is 0.508 e. The molecule has 0 bridgehead atoms. The van der Waals surface area contributed by atoms with Gasteiger partial charge in [-0.15, -0.1) is 0 Å². The van der Waals surface area contributed by atoms with Crippen molar-refractivity contribution in [2.45, 2.75) is 32.7 Å². The lowest BCUT2D eigenvalue weighted by atomic mass is 10.1. The molecule has 1 amide bonds. The molecule has 1 aromatic rings. The number of aliphatic hydroxyl groups is 1. The van der Waals surface area contributed by atoms with Crippen LogP contribution in [0, 0.1) is 0 Å². The molecule has 0 aliphatic rings. The van der Waals surface area contributed by atoms with Gasteiger partial charge in [0.2, 0.25) is 0 Å². The maximum Gasteiger partial charge on any atom is 0.258 e. The number of phenolic OH excluding ortho intramolecular Hbond substituents is 2. The number of carbonyl (C=O) groups is 1. The number of hydrogen-bond donors (Lipinski definition) is 3. The normalized spacial score (nSPS) is 10.7. The Morgan fingerprint density at radius 3 is 2.42 bits per heavy atom. The van der Waals surface area contributed by atoms with Gasteiger partial charge < -0.3 is 20.2 Å². The van der Waals surface area contributed by atoms with Crippen LogP contribution >= 0.6 is 0 Å². The number of aliphatic hydroxyl groups excluding tert-OH is 1. The first-order valence-electron chi connectivity index (χ1n) is 6.48. The van der Waals surface area contributed by atoms with E-state index in [1.807, 2.05) is 13.8 Å². The van der Waals surface area contributed by atoms with Crippen LogP contribution in [0.1, 0.15) is 37.0 Å². The van der Waals surface area contributed by atoms with Crippen molar-refractivity contribution in [2.75, 3.05) is 13.2 Å². The fourth-order valence-electron chi connectivity index (χ4n) is 2.14. The second kappa shape index (κ2) is 6.99. The fraction of sp³-hybridized carbons (Fsp3) is 0.500. The lowest BCUT2D eigenvalue weighted by Gasteiger charge is -2.30. The molecule has 0 radical (unpaired) electrons. The van der Waals surface area contributed by atoms with E-state index in [1.165, 1.54) is 23.1 Å². The molecule has 0 spiro atoms. The van der Waals surface area contributed by atoms with Gasteiger partial charge >= 0.3 is 0 Å². The Bertz CT molecular complexity index is 429. The van der Waals surface area contributed by atoms with E-state index in [2.05, 4.69) is 0 Å². The van der Waals surface area contributed by atoms with Crippen molar-refractivity contribution < 1.29 is 20.1 Å². The SMILES string of the molecule is CCC(CC)N(CCO)C(=O)c1cc(O)ccc1O. The minimum absolute atomic E-state index is 0.00130. The summed E-state index contributed by atoms with van der Waals surface area (Å²) >= 11 is 0. The van der Waals surface area contributed by atoms with E-state index in [0.717, 1.165) is 12.8 Å². The summed E-state index contributed by atoms with van der Waals surface area (Å²) in [6.07, 6.45) is 1.53. The Labute approximate surface area is 113 Å². The van der Waals surface area contributed by atoms with E-state index in [1.54, 1.807) is 0 Å². The number of hydrogen-bond acceptors (Lipinski definition) is 4. The van der Waals surface area contributed by atoms with Gasteiger partial charge in [0.15, 0.2) is 0 Å². The third-order valence-corrected chi connectivity index (χ3v) is 3.20. The first kappa shape index (κ1) is 15.3. The molecular formula is C14H21NO4. The minimum atomic E-state index is -0.379. The monoisotopic (exact) mass is 267 g/mol. The second-order valence-electron chi connectivity index (χ2n) is 4.39. The Hall–Kier alpha value is -1.75. The summed E-state index contributed by atoms with van der Waals surface area (Å²) in [4.78, 5) is 13.9. The van der Waals surface area contributed by atoms with Crippen LogP contribution in [0.5, 0.6) is 11.5 Å². The van der Waals surface area contributed by atoms with Crippen molar-refractivity contribution in [2.24, 2.45) is 0 Å². The fourth-order valence-corrected chi connectivity index (χ4v) is 2.14. The molecule has 0 heterocycles. The van der Waals surface area contributed by atoms with E-state index in [0.29, 0.717) is 0 Å². The summed E-state index contributed by atoms with van der Waals surface area (Å²) in [7, 11) is 0. The van der Waals surface area contributed by atoms with Crippen molar-refractivity contribution in [3.63, 3.8) is 0 Å². The molecular weight excluding hydrogens is 246 g/mol. The molecule has 0 aromatic heterocycles. The molecule has 1 aromatic carbocycles. The van der Waals surface area contributed by atoms with Crippen LogP contribution < -0.4 is 0 Å². The molecule has 1 rings (SSSR count). The maximum atomic E-state index is 12.4. The molecule has 106 valence electrons. The third kappa shape index (κ3) is 3.61. The Morgan fingerprint density at radius 1 is 1.26 bits per heavy atom. The van der Waals surface area contributed by atoms with Crippen molar-refractivity contribution in [1.82, 2.24) is 4.90 Å². The van der Waals surface area contributed by atoms with Gasteiger partial charge in [0.25, 0.3) is 5.91 Å². The predicted molar refractivity (Wildman–Crippen MR) is 72.3 cm³/mol. The summed E-state index contributed by atoms with van der Waals surface area (Å²) in [5.41, 5.74) is 0.0559. The van der Waals surface area contributed by atoms with Crippen molar-refractivity contribution in [1.29, 1.82) is 0 Å². The van der Waals surface area contributed by atoms with Crippen LogP contribution in [0.4, 0.5) is 0 Å². The summed E-state index contributed by atoms with van der Waals surface area (Å²) in [6, 6.07) is 3.85. The van der Waals surface area contributed by atoms with E-state index in [-0.39, 0.29) is 42.2 Å². The van der Waals surface area contributed by atoms with Crippen LogP contribution in [-0.4, -0.2) is 45.3 Å². The Morgan fingerprint density at radius 2 is 1.89 bits per heavy atom. The van der Waals surface area contributed by atoms with Gasteiger partial charge in [-0.1, -0.05) is 13.8 Å². The van der Waals surface area contributed by atoms with Gasteiger partial charge in [0, 0.05) is 12.6 Å². The maximum absolute atomic E-state index is 12.4. The quantitative estimate of drug-likeness (QED) is 0.685. The van der Waals surface area contributed by atoms with Gasteiger partial charge in [-0.25, -0.2) is 0 Å². The smallest absolute Gasteiger partial charge is 0.258 e. The highest BCUT2D eigenvalue weighted by Crippen LogP contribution is 2.25. The highest BCUT2D eigenvalue weighted by molar-refractivity contribution is 5.97. The minimum Gasteiger partial charge on any atom is -0.508 e. The molecule has 3 N–H and O–H groups in total. The van der Waals surface area contributed by atoms with E-state index >= 15 is 0 Å². The van der Waals surface area contributed by atoms with Gasteiger partial charge in [0.05, 0.1) is 12.2 Å². The summed E-state index contributed by atoms with van der Waals surface area (Å²) in [6.45, 7) is 4.00. The number of amides is 1. The molecule has 0 saturated heterocycles. The average molecular weight is 267 g/mol. The van der Waals surface area contributed by atoms with E-state index in [4.69, 9.17) is 5.11 Å². The lowest BCUT2D eigenvalue weighted by molar-refractivity contribution is 0.0619. The third-order valence-electron chi connectivity index (χ3n) is 3.20. The number of rotatable bonds is 6. The molecule has 0 aliphatic heterocycles. The highest BCUT2D eigenvalue weighted by atomic mass is 16.3. The lowest BCUT2D eigenvalue weighted by Crippen LogP contribution is -2.41. The van der Waals surface area contributed by atoms with Crippen LogP contribution in [0.3, 0.4) is 0 Å². The zero-order valence-electron chi connectivity index (χ0n) is 11.3. The van der Waals surface area contributed by atoms with Gasteiger partial charge in [-0.05, 0) is 31.0 Å². The number of aromatic hydroxyl groups is 2. The first-order chi connectivity index (χ1) is 9.04. The molecule has 0 unspecified atom stereocenters. The van der Waals surface area contributed by atoms with Crippen molar-refractivity contribution >= 4 is 5.91 Å². The molecule has 5 heteroatoms. The van der Waals surface area contributed by atoms with Crippen LogP contribution in [-0.2, 0) is 0 Å². The average Bonchev–Trinajstić information content (AvgIpc) is 2.41. The molecule has 5 nitrogen and oxygen atoms in total. The zero-order valence-corrected chi connectivity index (χ0v) is 11.3. The summed E-state index contributed by atoms with van der Waals surface area (Å²) < 4.78 is 0. The van der Waals surface area contributed by atoms with Crippen LogP contribution in [0.2, 0.25) is 0 Å². The van der Waals surface area contributed by atoms with Crippen molar-refractivity contribution in [3.05, 3.63) is 23.8 Å². The molecule has 0 fully saturated rings. The number of nitrogens with zero attached hydrogens (tertiary/aromatic N) is 1. The number of phenols is 2. The van der Waals surface area contributed by atoms with Gasteiger partial charge in [-0.3, -0.25) is 4.79 Å². The van der Waals surface area contributed by atoms with Crippen molar-refractivity contribution in [3.8, 4) is 11.5 Å². The molecule has 0 saturated carbocycles. The first-order valence-corrected chi connectivity index (χ1v) is 6.48. The van der Waals surface area contributed by atoms with Gasteiger partial charge in [0.1, 0.15) is 11.5 Å². The number of benzene rings is 1. The number of carbonyl (C=O) groups excluding carboxylic acids is 1. The standard InChI is InChI=1S/C14H21NO4/c1-3-10(4-2)15(7-8-16)14(19)12-9-11(17)5-6-13(12)18/h5-6,9-10,16-18H,3-4,7-8H2,1-2H3. The second-order valence-corrected chi connectivity index (χ2v) is 4.39. The molecule has 19 heavy (non-hydrogen) atoms. The molecule has 0 aliphatic carbocycles. The van der Waals surface area contributed by atoms with Crippen LogP contribution in [0.15, 0.2) is 18.2 Å². The van der Waals surface area contributed by atoms with Gasteiger partial charge in [-0.2, -0.15) is 0 Å². The topological polar surface area (TPSA) is 81.0 Å². The summed E-state index contributed by atoms with van der Waals surface area (Å²) in [5.74, 6) is -0.623. The summed E-state index contributed by atoms with van der Waals surface area (Å²) in [5, 5.41) is 28.2. The Kier molecular flexibility index (Phi) is 5.63. The Balaban J connectivity index is 3.08.